The molecule has 4 nitrogen and oxygen atoms in total. The molecule has 0 amide bonds. The maximum atomic E-state index is 11.7. The van der Waals surface area contributed by atoms with Crippen LogP contribution >= 0.6 is 11.6 Å². The molecule has 0 aromatic heterocycles. The SMILES string of the molecule is CCCCCCOC(=O)CCCCC(=O)Oc1ccccc1Cl. The molecular formula is C18H25ClO4. The van der Waals surface area contributed by atoms with E-state index < -0.39 is 0 Å². The summed E-state index contributed by atoms with van der Waals surface area (Å²) in [7, 11) is 0. The highest BCUT2D eigenvalue weighted by Gasteiger charge is 2.09. The Bertz CT molecular complexity index is 488. The average molecular weight is 341 g/mol. The van der Waals surface area contributed by atoms with Gasteiger partial charge in [0.15, 0.2) is 0 Å². The Kier molecular flexibility index (Phi) is 10.1. The zero-order valence-electron chi connectivity index (χ0n) is 13.7. The first kappa shape index (κ1) is 19.5. The Morgan fingerprint density at radius 3 is 2.35 bits per heavy atom. The number of carbonyl (C=O) groups is 2. The Hall–Kier alpha value is -1.55. The number of rotatable bonds is 11. The van der Waals surface area contributed by atoms with Gasteiger partial charge in [0, 0.05) is 12.8 Å². The summed E-state index contributed by atoms with van der Waals surface area (Å²) in [5.74, 6) is -0.169. The third kappa shape index (κ3) is 9.24. The van der Waals surface area contributed by atoms with Gasteiger partial charge in [-0.15, -0.1) is 0 Å². The summed E-state index contributed by atoms with van der Waals surface area (Å²) < 4.78 is 10.3. The monoisotopic (exact) mass is 340 g/mol. The van der Waals surface area contributed by atoms with Gasteiger partial charge in [-0.25, -0.2) is 0 Å². The van der Waals surface area contributed by atoms with Crippen LogP contribution < -0.4 is 4.74 Å². The lowest BCUT2D eigenvalue weighted by molar-refractivity contribution is -0.144. The van der Waals surface area contributed by atoms with E-state index in [1.807, 2.05) is 0 Å². The molecule has 0 atom stereocenters. The van der Waals surface area contributed by atoms with Crippen molar-refractivity contribution in [1.29, 1.82) is 0 Å². The van der Waals surface area contributed by atoms with E-state index in [9.17, 15) is 9.59 Å². The van der Waals surface area contributed by atoms with Gasteiger partial charge in [0.1, 0.15) is 5.75 Å². The summed E-state index contributed by atoms with van der Waals surface area (Å²) in [6, 6.07) is 6.84. The van der Waals surface area contributed by atoms with E-state index in [0.717, 1.165) is 19.3 Å². The van der Waals surface area contributed by atoms with Crippen molar-refractivity contribution in [3.8, 4) is 5.75 Å². The van der Waals surface area contributed by atoms with E-state index in [-0.39, 0.29) is 18.4 Å². The molecule has 0 saturated heterocycles. The maximum absolute atomic E-state index is 11.7. The molecule has 0 aliphatic rings. The molecule has 0 heterocycles. The number of hydrogen-bond acceptors (Lipinski definition) is 4. The maximum Gasteiger partial charge on any atom is 0.311 e. The quantitative estimate of drug-likeness (QED) is 0.325. The minimum Gasteiger partial charge on any atom is -0.466 e. The summed E-state index contributed by atoms with van der Waals surface area (Å²) in [5, 5.41) is 0.410. The first-order chi connectivity index (χ1) is 11.1. The predicted molar refractivity (Wildman–Crippen MR) is 90.7 cm³/mol. The minimum absolute atomic E-state index is 0.194. The lowest BCUT2D eigenvalue weighted by atomic mass is 10.2. The molecule has 1 rings (SSSR count). The van der Waals surface area contributed by atoms with Gasteiger partial charge < -0.3 is 9.47 Å². The average Bonchev–Trinajstić information content (AvgIpc) is 2.53. The molecule has 1 aromatic carbocycles. The largest absolute Gasteiger partial charge is 0.466 e. The van der Waals surface area contributed by atoms with Gasteiger partial charge in [-0.05, 0) is 31.4 Å². The van der Waals surface area contributed by atoms with Crippen molar-refractivity contribution in [2.45, 2.75) is 58.3 Å². The highest BCUT2D eigenvalue weighted by Crippen LogP contribution is 2.23. The van der Waals surface area contributed by atoms with E-state index in [0.29, 0.717) is 36.6 Å². The Morgan fingerprint density at radius 1 is 0.957 bits per heavy atom. The van der Waals surface area contributed by atoms with Crippen molar-refractivity contribution < 1.29 is 19.1 Å². The number of unbranched alkanes of at least 4 members (excludes halogenated alkanes) is 4. The van der Waals surface area contributed by atoms with Crippen molar-refractivity contribution in [2.75, 3.05) is 6.61 Å². The molecule has 0 radical (unpaired) electrons. The number of hydrogen-bond donors (Lipinski definition) is 0. The number of esters is 2. The molecule has 0 spiro atoms. The van der Waals surface area contributed by atoms with Crippen LogP contribution in [0.1, 0.15) is 58.3 Å². The van der Waals surface area contributed by atoms with Crippen molar-refractivity contribution in [3.05, 3.63) is 29.3 Å². The van der Waals surface area contributed by atoms with Crippen LogP contribution in [0.2, 0.25) is 5.02 Å². The van der Waals surface area contributed by atoms with Gasteiger partial charge in [0.05, 0.1) is 11.6 Å². The summed E-state index contributed by atoms with van der Waals surface area (Å²) in [4.78, 5) is 23.2. The van der Waals surface area contributed by atoms with Crippen LogP contribution in [0.5, 0.6) is 5.75 Å². The van der Waals surface area contributed by atoms with Gasteiger partial charge in [-0.2, -0.15) is 0 Å². The molecule has 0 aliphatic carbocycles. The standard InChI is InChI=1S/C18H25ClO4/c1-2-3-4-9-14-22-17(20)12-7-8-13-18(21)23-16-11-6-5-10-15(16)19/h5-6,10-11H,2-4,7-9,12-14H2,1H3. The first-order valence-electron chi connectivity index (χ1n) is 8.24. The molecule has 23 heavy (non-hydrogen) atoms. The summed E-state index contributed by atoms with van der Waals surface area (Å²) >= 11 is 5.91. The lowest BCUT2D eigenvalue weighted by Gasteiger charge is -2.06. The van der Waals surface area contributed by atoms with Crippen LogP contribution in [0.25, 0.3) is 0 Å². The van der Waals surface area contributed by atoms with Crippen LogP contribution in [0.4, 0.5) is 0 Å². The second-order valence-electron chi connectivity index (χ2n) is 5.39. The highest BCUT2D eigenvalue weighted by molar-refractivity contribution is 6.32. The zero-order valence-corrected chi connectivity index (χ0v) is 14.4. The number of benzene rings is 1. The zero-order chi connectivity index (χ0) is 16.9. The molecule has 1 aromatic rings. The lowest BCUT2D eigenvalue weighted by Crippen LogP contribution is -2.09. The van der Waals surface area contributed by atoms with Crippen LogP contribution in [0.3, 0.4) is 0 Å². The molecule has 0 unspecified atom stereocenters. The third-order valence-electron chi connectivity index (χ3n) is 3.33. The van der Waals surface area contributed by atoms with E-state index in [1.54, 1.807) is 24.3 Å². The summed E-state index contributed by atoms with van der Waals surface area (Å²) in [6.45, 7) is 2.64. The molecule has 0 bridgehead atoms. The van der Waals surface area contributed by atoms with Crippen molar-refractivity contribution in [2.24, 2.45) is 0 Å². The molecule has 0 N–H and O–H groups in total. The van der Waals surface area contributed by atoms with Crippen LogP contribution in [0, 0.1) is 0 Å². The van der Waals surface area contributed by atoms with Gasteiger partial charge in [-0.1, -0.05) is 49.9 Å². The van der Waals surface area contributed by atoms with Crippen LogP contribution in [-0.2, 0) is 14.3 Å². The molecule has 0 fully saturated rings. The summed E-state index contributed by atoms with van der Waals surface area (Å²) in [6.07, 6.45) is 6.16. The van der Waals surface area contributed by atoms with Gasteiger partial charge >= 0.3 is 11.9 Å². The van der Waals surface area contributed by atoms with Crippen LogP contribution in [-0.4, -0.2) is 18.5 Å². The Labute approximate surface area is 143 Å². The number of carbonyl (C=O) groups excluding carboxylic acids is 2. The Morgan fingerprint density at radius 2 is 1.65 bits per heavy atom. The molecule has 5 heteroatoms. The fourth-order valence-corrected chi connectivity index (χ4v) is 2.20. The molecule has 0 aliphatic heterocycles. The van der Waals surface area contributed by atoms with Gasteiger partial charge in [0.2, 0.25) is 0 Å². The number of para-hydroxylation sites is 1. The minimum atomic E-state index is -0.342. The van der Waals surface area contributed by atoms with E-state index in [1.165, 1.54) is 6.42 Å². The highest BCUT2D eigenvalue weighted by atomic mass is 35.5. The Balaban J connectivity index is 2.07. The normalized spacial score (nSPS) is 10.3. The van der Waals surface area contributed by atoms with Crippen molar-refractivity contribution in [3.63, 3.8) is 0 Å². The van der Waals surface area contributed by atoms with Gasteiger partial charge in [0.25, 0.3) is 0 Å². The number of ether oxygens (including phenoxy) is 2. The van der Waals surface area contributed by atoms with Crippen LogP contribution in [0.15, 0.2) is 24.3 Å². The molecular weight excluding hydrogens is 316 g/mol. The topological polar surface area (TPSA) is 52.6 Å². The summed E-state index contributed by atoms with van der Waals surface area (Å²) in [5.41, 5.74) is 0. The van der Waals surface area contributed by atoms with E-state index in [2.05, 4.69) is 6.92 Å². The fourth-order valence-electron chi connectivity index (χ4n) is 2.03. The van der Waals surface area contributed by atoms with Gasteiger partial charge in [-0.3, -0.25) is 9.59 Å². The van der Waals surface area contributed by atoms with E-state index in [4.69, 9.17) is 21.1 Å². The number of halogens is 1. The molecule has 0 saturated carbocycles. The third-order valence-corrected chi connectivity index (χ3v) is 3.65. The second kappa shape index (κ2) is 11.9. The van der Waals surface area contributed by atoms with E-state index >= 15 is 0 Å². The first-order valence-corrected chi connectivity index (χ1v) is 8.62. The smallest absolute Gasteiger partial charge is 0.311 e. The van der Waals surface area contributed by atoms with Crippen molar-refractivity contribution in [1.82, 2.24) is 0 Å². The predicted octanol–water partition coefficient (Wildman–Crippen LogP) is 4.93. The molecule has 128 valence electrons. The second-order valence-corrected chi connectivity index (χ2v) is 5.80. The van der Waals surface area contributed by atoms with Crippen molar-refractivity contribution >= 4 is 23.5 Å². The fraction of sp³-hybridized carbons (Fsp3) is 0.556.